The van der Waals surface area contributed by atoms with E-state index >= 15 is 0 Å². The lowest BCUT2D eigenvalue weighted by Crippen LogP contribution is -2.16. The van der Waals surface area contributed by atoms with Crippen molar-refractivity contribution in [2.45, 2.75) is 32.2 Å². The molecule has 0 bridgehead atoms. The fourth-order valence-electron chi connectivity index (χ4n) is 2.50. The SMILES string of the molecule is CC1CCC(Nc2nccn3nccc23)C1. The summed E-state index contributed by atoms with van der Waals surface area (Å²) in [7, 11) is 0. The molecule has 2 aromatic rings. The van der Waals surface area contributed by atoms with Crippen LogP contribution in [0.3, 0.4) is 0 Å². The molecule has 4 nitrogen and oxygen atoms in total. The van der Waals surface area contributed by atoms with Crippen molar-refractivity contribution in [1.29, 1.82) is 0 Å². The fourth-order valence-corrected chi connectivity index (χ4v) is 2.50. The van der Waals surface area contributed by atoms with Gasteiger partial charge in [0.05, 0.1) is 6.20 Å². The molecule has 2 aromatic heterocycles. The Hall–Kier alpha value is -1.58. The molecule has 0 aromatic carbocycles. The summed E-state index contributed by atoms with van der Waals surface area (Å²) in [4.78, 5) is 4.40. The molecular weight excluding hydrogens is 200 g/mol. The molecule has 1 N–H and O–H groups in total. The Morgan fingerprint density at radius 3 is 3.12 bits per heavy atom. The highest BCUT2D eigenvalue weighted by Crippen LogP contribution is 2.27. The number of fused-ring (bicyclic) bond motifs is 1. The van der Waals surface area contributed by atoms with Crippen LogP contribution in [0.2, 0.25) is 0 Å². The van der Waals surface area contributed by atoms with E-state index in [9.17, 15) is 0 Å². The van der Waals surface area contributed by atoms with Crippen LogP contribution in [0.5, 0.6) is 0 Å². The molecule has 1 fully saturated rings. The first-order valence-corrected chi connectivity index (χ1v) is 5.88. The summed E-state index contributed by atoms with van der Waals surface area (Å²) in [5.74, 6) is 1.79. The zero-order chi connectivity index (χ0) is 11.0. The zero-order valence-electron chi connectivity index (χ0n) is 9.43. The van der Waals surface area contributed by atoms with Gasteiger partial charge in [0.2, 0.25) is 0 Å². The number of nitrogens with one attached hydrogen (secondary N) is 1. The quantitative estimate of drug-likeness (QED) is 0.837. The standard InChI is InChI=1S/C12H16N4/c1-9-2-3-10(8-9)15-12-11-4-5-14-16(11)7-6-13-12/h4-7,9-10H,2-3,8H2,1H3,(H,13,15). The highest BCUT2D eigenvalue weighted by molar-refractivity contribution is 5.67. The van der Waals surface area contributed by atoms with Gasteiger partial charge in [0, 0.05) is 18.4 Å². The Kier molecular flexibility index (Phi) is 2.27. The summed E-state index contributed by atoms with van der Waals surface area (Å²) in [5, 5.41) is 7.73. The average Bonchev–Trinajstić information content (AvgIpc) is 2.87. The molecule has 16 heavy (non-hydrogen) atoms. The van der Waals surface area contributed by atoms with Crippen molar-refractivity contribution >= 4 is 11.3 Å². The highest BCUT2D eigenvalue weighted by atomic mass is 15.2. The summed E-state index contributed by atoms with van der Waals surface area (Å²) in [6, 6.07) is 2.57. The molecule has 3 rings (SSSR count). The molecule has 84 valence electrons. The molecular formula is C12H16N4. The lowest BCUT2D eigenvalue weighted by Gasteiger charge is -2.13. The molecule has 0 saturated heterocycles. The number of aromatic nitrogens is 3. The van der Waals surface area contributed by atoms with Crippen LogP contribution in [0.4, 0.5) is 5.82 Å². The van der Waals surface area contributed by atoms with Crippen molar-refractivity contribution in [3.8, 4) is 0 Å². The van der Waals surface area contributed by atoms with Crippen molar-refractivity contribution in [2.75, 3.05) is 5.32 Å². The van der Waals surface area contributed by atoms with E-state index < -0.39 is 0 Å². The van der Waals surface area contributed by atoms with Crippen LogP contribution in [0, 0.1) is 5.92 Å². The summed E-state index contributed by atoms with van der Waals surface area (Å²) in [5.41, 5.74) is 1.06. The van der Waals surface area contributed by atoms with E-state index in [2.05, 4.69) is 22.3 Å². The molecule has 4 heteroatoms. The first-order valence-electron chi connectivity index (χ1n) is 5.88. The normalized spacial score (nSPS) is 25.1. The van der Waals surface area contributed by atoms with Crippen LogP contribution in [-0.4, -0.2) is 20.6 Å². The Bertz CT molecular complexity index is 490. The molecule has 0 spiro atoms. The number of hydrogen-bond donors (Lipinski definition) is 1. The van der Waals surface area contributed by atoms with E-state index in [0.717, 1.165) is 17.3 Å². The predicted octanol–water partition coefficient (Wildman–Crippen LogP) is 2.33. The lowest BCUT2D eigenvalue weighted by molar-refractivity contribution is 0.602. The van der Waals surface area contributed by atoms with Crippen LogP contribution in [0.25, 0.3) is 5.52 Å². The second-order valence-electron chi connectivity index (χ2n) is 4.70. The van der Waals surface area contributed by atoms with Gasteiger partial charge in [0.15, 0.2) is 5.82 Å². The van der Waals surface area contributed by atoms with Gasteiger partial charge in [-0.2, -0.15) is 5.10 Å². The summed E-state index contributed by atoms with van der Waals surface area (Å²) >= 11 is 0. The van der Waals surface area contributed by atoms with Crippen molar-refractivity contribution < 1.29 is 0 Å². The molecule has 2 atom stereocenters. The van der Waals surface area contributed by atoms with Gasteiger partial charge >= 0.3 is 0 Å². The Labute approximate surface area is 94.7 Å². The maximum absolute atomic E-state index is 4.40. The smallest absolute Gasteiger partial charge is 0.152 e. The van der Waals surface area contributed by atoms with Gasteiger partial charge in [-0.15, -0.1) is 0 Å². The van der Waals surface area contributed by atoms with Crippen LogP contribution < -0.4 is 5.32 Å². The van der Waals surface area contributed by atoms with Crippen LogP contribution >= 0.6 is 0 Å². The topological polar surface area (TPSA) is 42.2 Å². The predicted molar refractivity (Wildman–Crippen MR) is 63.4 cm³/mol. The molecule has 2 heterocycles. The molecule has 1 saturated carbocycles. The lowest BCUT2D eigenvalue weighted by atomic mass is 10.1. The second kappa shape index (κ2) is 3.77. The summed E-state index contributed by atoms with van der Waals surface area (Å²) in [6.45, 7) is 2.31. The maximum Gasteiger partial charge on any atom is 0.152 e. The van der Waals surface area contributed by atoms with Crippen LogP contribution in [0.15, 0.2) is 24.7 Å². The van der Waals surface area contributed by atoms with Crippen LogP contribution in [0.1, 0.15) is 26.2 Å². The Morgan fingerprint density at radius 1 is 1.38 bits per heavy atom. The van der Waals surface area contributed by atoms with Gasteiger partial charge < -0.3 is 5.32 Å². The van der Waals surface area contributed by atoms with Crippen molar-refractivity contribution in [1.82, 2.24) is 14.6 Å². The molecule has 0 aliphatic heterocycles. The van der Waals surface area contributed by atoms with Crippen LogP contribution in [-0.2, 0) is 0 Å². The number of nitrogens with zero attached hydrogens (tertiary/aromatic N) is 3. The fraction of sp³-hybridized carbons (Fsp3) is 0.500. The van der Waals surface area contributed by atoms with E-state index in [1.807, 2.05) is 16.8 Å². The first kappa shape index (κ1) is 9.63. The van der Waals surface area contributed by atoms with Crippen molar-refractivity contribution in [2.24, 2.45) is 5.92 Å². The third-order valence-corrected chi connectivity index (χ3v) is 3.36. The van der Waals surface area contributed by atoms with E-state index in [1.165, 1.54) is 19.3 Å². The van der Waals surface area contributed by atoms with E-state index in [1.54, 1.807) is 12.4 Å². The molecule has 2 unspecified atom stereocenters. The summed E-state index contributed by atoms with van der Waals surface area (Å²) in [6.07, 6.45) is 9.28. The number of rotatable bonds is 2. The average molecular weight is 216 g/mol. The Morgan fingerprint density at radius 2 is 2.31 bits per heavy atom. The molecule has 0 amide bonds. The Balaban J connectivity index is 1.86. The van der Waals surface area contributed by atoms with E-state index in [4.69, 9.17) is 0 Å². The zero-order valence-corrected chi connectivity index (χ0v) is 9.43. The van der Waals surface area contributed by atoms with E-state index in [0.29, 0.717) is 6.04 Å². The number of anilines is 1. The third-order valence-electron chi connectivity index (χ3n) is 3.36. The minimum atomic E-state index is 0.573. The largest absolute Gasteiger partial charge is 0.366 e. The highest BCUT2D eigenvalue weighted by Gasteiger charge is 2.21. The van der Waals surface area contributed by atoms with Gasteiger partial charge in [-0.25, -0.2) is 9.50 Å². The van der Waals surface area contributed by atoms with Gasteiger partial charge in [-0.05, 0) is 31.2 Å². The minimum absolute atomic E-state index is 0.573. The second-order valence-corrected chi connectivity index (χ2v) is 4.70. The maximum atomic E-state index is 4.40. The minimum Gasteiger partial charge on any atom is -0.366 e. The molecule has 0 radical (unpaired) electrons. The van der Waals surface area contributed by atoms with Gasteiger partial charge in [-0.1, -0.05) is 6.92 Å². The van der Waals surface area contributed by atoms with Gasteiger partial charge in [-0.3, -0.25) is 0 Å². The van der Waals surface area contributed by atoms with Gasteiger partial charge in [0.25, 0.3) is 0 Å². The number of hydrogen-bond acceptors (Lipinski definition) is 3. The van der Waals surface area contributed by atoms with Gasteiger partial charge in [0.1, 0.15) is 5.52 Å². The summed E-state index contributed by atoms with van der Waals surface area (Å²) < 4.78 is 1.85. The molecule has 1 aliphatic carbocycles. The van der Waals surface area contributed by atoms with Crippen molar-refractivity contribution in [3.05, 3.63) is 24.7 Å². The third kappa shape index (κ3) is 1.64. The van der Waals surface area contributed by atoms with Crippen molar-refractivity contribution in [3.63, 3.8) is 0 Å². The van der Waals surface area contributed by atoms with E-state index in [-0.39, 0.29) is 0 Å². The first-order chi connectivity index (χ1) is 7.83. The monoisotopic (exact) mass is 216 g/mol. The molecule has 1 aliphatic rings.